The summed E-state index contributed by atoms with van der Waals surface area (Å²) in [7, 11) is -4.32. The number of nitrogens with two attached hydrogens (primary N) is 1. The molecule has 9 nitrogen and oxygen atoms in total. The second kappa shape index (κ2) is 39.2. The molecule has 0 heterocycles. The summed E-state index contributed by atoms with van der Waals surface area (Å²) in [6.45, 7) is 3.80. The van der Waals surface area contributed by atoms with Crippen molar-refractivity contribution < 1.29 is 37.9 Å². The summed E-state index contributed by atoms with van der Waals surface area (Å²) >= 11 is 0. The standard InChI is InChI=1S/C43H74NO8P/c1-3-5-7-9-11-13-15-17-19-20-21-23-25-27-29-31-33-41(45)34-35-43(46)50-39-42(40-52-53(47,48)51-38-36-44)49-37-32-30-28-26-24-22-18-16-14-12-10-8-6-4-2/h5,7,11,13,17,19,21,23,27,29,31-33,37,41-42,45H,3-4,6,8-10,12,14-16,18,20,22,24-26,28,30,34-36,38-40,44H2,1-2H3,(H,47,48)/b7-5-,13-11-,19-17-,23-21-,29-27-,33-31-,37-32+/t41?,42-/m1/s1. The Bertz CT molecular complexity index is 1100. The lowest BCUT2D eigenvalue weighted by Gasteiger charge is -2.19. The van der Waals surface area contributed by atoms with E-state index in [1.807, 2.05) is 18.2 Å². The Morgan fingerprint density at radius 2 is 1.25 bits per heavy atom. The van der Waals surface area contributed by atoms with Gasteiger partial charge >= 0.3 is 13.8 Å². The Morgan fingerprint density at radius 1 is 0.698 bits per heavy atom. The van der Waals surface area contributed by atoms with E-state index in [1.165, 1.54) is 70.5 Å². The zero-order valence-corrected chi connectivity index (χ0v) is 34.0. The highest BCUT2D eigenvalue weighted by Gasteiger charge is 2.24. The number of phosphoric ester groups is 1. The Labute approximate surface area is 322 Å². The molecule has 4 N–H and O–H groups in total. The molecule has 304 valence electrons. The van der Waals surface area contributed by atoms with Crippen molar-refractivity contribution in [1.29, 1.82) is 0 Å². The number of esters is 1. The van der Waals surface area contributed by atoms with Crippen LogP contribution in [0.5, 0.6) is 0 Å². The van der Waals surface area contributed by atoms with E-state index in [9.17, 15) is 19.4 Å². The van der Waals surface area contributed by atoms with Gasteiger partial charge in [-0.25, -0.2) is 4.57 Å². The van der Waals surface area contributed by atoms with E-state index in [-0.39, 0.29) is 39.2 Å². The molecule has 0 aliphatic rings. The SMILES string of the molecule is CC/C=C\C/C=C\C/C=C\C/C=C\C/C=C\C=C/C(O)CCC(=O)OC[C@H](COP(=O)(O)OCCN)O/C=C/CCCCCCCCCCCCCC. The number of rotatable bonds is 37. The van der Waals surface area contributed by atoms with E-state index >= 15 is 0 Å². The molecule has 0 saturated carbocycles. The predicted molar refractivity (Wildman–Crippen MR) is 220 cm³/mol. The second-order valence-corrected chi connectivity index (χ2v) is 14.5. The zero-order chi connectivity index (χ0) is 38.9. The first-order valence-corrected chi connectivity index (χ1v) is 21.7. The number of phosphoric acid groups is 1. The van der Waals surface area contributed by atoms with E-state index in [0.29, 0.717) is 0 Å². The molecular weight excluding hydrogens is 689 g/mol. The van der Waals surface area contributed by atoms with Crippen molar-refractivity contribution in [2.24, 2.45) is 5.73 Å². The van der Waals surface area contributed by atoms with E-state index in [2.05, 4.69) is 62.5 Å². The third-order valence-corrected chi connectivity index (χ3v) is 9.02. The first-order chi connectivity index (χ1) is 25.8. The van der Waals surface area contributed by atoms with Crippen LogP contribution in [0.2, 0.25) is 0 Å². The van der Waals surface area contributed by atoms with Gasteiger partial charge in [-0.05, 0) is 57.4 Å². The van der Waals surface area contributed by atoms with Crippen molar-refractivity contribution in [3.05, 3.63) is 85.3 Å². The van der Waals surface area contributed by atoms with E-state index in [4.69, 9.17) is 24.3 Å². The Hall–Kier alpha value is -2.52. The molecule has 0 aromatic heterocycles. The Balaban J connectivity index is 4.38. The second-order valence-electron chi connectivity index (χ2n) is 13.0. The van der Waals surface area contributed by atoms with Crippen molar-refractivity contribution in [2.45, 2.75) is 154 Å². The fourth-order valence-electron chi connectivity index (χ4n) is 4.97. The number of aliphatic hydroxyl groups is 1. The summed E-state index contributed by atoms with van der Waals surface area (Å²) in [6.07, 6.45) is 47.4. The quantitative estimate of drug-likeness (QED) is 0.0141. The maximum Gasteiger partial charge on any atom is 0.472 e. The van der Waals surface area contributed by atoms with Crippen molar-refractivity contribution in [1.82, 2.24) is 0 Å². The normalized spacial score (nSPS) is 15.0. The summed E-state index contributed by atoms with van der Waals surface area (Å²) in [5.41, 5.74) is 5.34. The van der Waals surface area contributed by atoms with Crippen molar-refractivity contribution >= 4 is 13.8 Å². The van der Waals surface area contributed by atoms with Crippen LogP contribution < -0.4 is 5.73 Å². The molecule has 3 atom stereocenters. The highest BCUT2D eigenvalue weighted by atomic mass is 31.2. The molecule has 2 unspecified atom stereocenters. The molecular formula is C43H74NO8P. The lowest BCUT2D eigenvalue weighted by Crippen LogP contribution is -2.26. The van der Waals surface area contributed by atoms with E-state index in [1.54, 1.807) is 12.2 Å². The van der Waals surface area contributed by atoms with Gasteiger partial charge in [0, 0.05) is 13.0 Å². The minimum atomic E-state index is -4.32. The fraction of sp³-hybridized carbons (Fsp3) is 0.651. The van der Waals surface area contributed by atoms with Crippen LogP contribution in [0, 0.1) is 0 Å². The summed E-state index contributed by atoms with van der Waals surface area (Å²) in [4.78, 5) is 22.2. The summed E-state index contributed by atoms with van der Waals surface area (Å²) in [6, 6.07) is 0. The number of ether oxygens (including phenoxy) is 2. The van der Waals surface area contributed by atoms with Crippen molar-refractivity contribution in [3.8, 4) is 0 Å². The summed E-state index contributed by atoms with van der Waals surface area (Å²) in [5.74, 6) is -0.520. The molecule has 0 aliphatic carbocycles. The van der Waals surface area contributed by atoms with Crippen LogP contribution in [0.4, 0.5) is 0 Å². The lowest BCUT2D eigenvalue weighted by atomic mass is 10.0. The zero-order valence-electron chi connectivity index (χ0n) is 33.1. The predicted octanol–water partition coefficient (Wildman–Crippen LogP) is 11.1. The first-order valence-electron chi connectivity index (χ1n) is 20.2. The average molecular weight is 764 g/mol. The molecule has 0 aliphatic heterocycles. The van der Waals surface area contributed by atoms with Gasteiger partial charge in [0.15, 0.2) is 6.10 Å². The van der Waals surface area contributed by atoms with Crippen LogP contribution in [0.15, 0.2) is 85.3 Å². The minimum absolute atomic E-state index is 0.00233. The number of carbonyl (C=O) groups is 1. The van der Waals surface area contributed by atoms with Crippen molar-refractivity contribution in [3.63, 3.8) is 0 Å². The van der Waals surface area contributed by atoms with Crippen molar-refractivity contribution in [2.75, 3.05) is 26.4 Å². The minimum Gasteiger partial charge on any atom is -0.492 e. The largest absolute Gasteiger partial charge is 0.492 e. The van der Waals surface area contributed by atoms with Gasteiger partial charge in [-0.3, -0.25) is 13.8 Å². The van der Waals surface area contributed by atoms with Crippen LogP contribution >= 0.6 is 7.82 Å². The molecule has 0 spiro atoms. The molecule has 0 amide bonds. The molecule has 10 heteroatoms. The van der Waals surface area contributed by atoms with Gasteiger partial charge in [0.2, 0.25) is 0 Å². The highest BCUT2D eigenvalue weighted by molar-refractivity contribution is 7.47. The van der Waals surface area contributed by atoms with Gasteiger partial charge < -0.3 is 25.2 Å². The van der Waals surface area contributed by atoms with E-state index < -0.39 is 26.0 Å². The third kappa shape index (κ3) is 39.0. The van der Waals surface area contributed by atoms with Gasteiger partial charge in [-0.2, -0.15) is 0 Å². The monoisotopic (exact) mass is 764 g/mol. The van der Waals surface area contributed by atoms with Crippen LogP contribution in [0.3, 0.4) is 0 Å². The number of unbranched alkanes of at least 4 members (excludes halogenated alkanes) is 12. The molecule has 0 aromatic carbocycles. The average Bonchev–Trinajstić information content (AvgIpc) is 3.15. The van der Waals surface area contributed by atoms with Gasteiger partial charge in [0.1, 0.15) is 6.61 Å². The maximum atomic E-state index is 12.4. The summed E-state index contributed by atoms with van der Waals surface area (Å²) < 4.78 is 32.9. The fourth-order valence-corrected chi connectivity index (χ4v) is 5.74. The number of aliphatic hydroxyl groups excluding tert-OH is 1. The van der Waals surface area contributed by atoms with Gasteiger partial charge in [-0.1, -0.05) is 157 Å². The van der Waals surface area contributed by atoms with Gasteiger partial charge in [0.25, 0.3) is 0 Å². The number of hydrogen-bond donors (Lipinski definition) is 3. The van der Waals surface area contributed by atoms with Crippen LogP contribution in [0.25, 0.3) is 0 Å². The third-order valence-electron chi connectivity index (χ3n) is 8.03. The Kier molecular flexibility index (Phi) is 37.3. The molecule has 0 saturated heterocycles. The number of allylic oxidation sites excluding steroid dienone is 12. The first kappa shape index (κ1) is 50.5. The molecule has 0 fully saturated rings. The maximum absolute atomic E-state index is 12.4. The number of carbonyl (C=O) groups excluding carboxylic acids is 1. The van der Waals surface area contributed by atoms with Crippen LogP contribution in [-0.4, -0.2) is 54.5 Å². The molecule has 0 bridgehead atoms. The summed E-state index contributed by atoms with van der Waals surface area (Å²) in [5, 5.41) is 10.2. The van der Waals surface area contributed by atoms with Gasteiger partial charge in [-0.15, -0.1) is 0 Å². The van der Waals surface area contributed by atoms with Gasteiger partial charge in [0.05, 0.1) is 25.6 Å². The molecule has 0 radical (unpaired) electrons. The molecule has 0 rings (SSSR count). The lowest BCUT2D eigenvalue weighted by molar-refractivity contribution is -0.147. The van der Waals surface area contributed by atoms with E-state index in [0.717, 1.165) is 51.4 Å². The van der Waals surface area contributed by atoms with Crippen LogP contribution in [0.1, 0.15) is 142 Å². The smallest absolute Gasteiger partial charge is 0.472 e. The Morgan fingerprint density at radius 3 is 1.81 bits per heavy atom. The highest BCUT2D eigenvalue weighted by Crippen LogP contribution is 2.43. The topological polar surface area (TPSA) is 138 Å². The van der Waals surface area contributed by atoms with Crippen LogP contribution in [-0.2, 0) is 27.9 Å². The molecule has 53 heavy (non-hydrogen) atoms. The number of hydrogen-bond acceptors (Lipinski definition) is 8. The molecule has 0 aromatic rings.